The van der Waals surface area contributed by atoms with Crippen LogP contribution < -0.4 is 0 Å². The maximum absolute atomic E-state index is 11.5. The molecular formula is C20H20O8. The van der Waals surface area contributed by atoms with Crippen molar-refractivity contribution in [2.24, 2.45) is 0 Å². The van der Waals surface area contributed by atoms with E-state index in [0.717, 1.165) is 38.5 Å². The van der Waals surface area contributed by atoms with E-state index in [4.69, 9.17) is 18.9 Å². The van der Waals surface area contributed by atoms with Gasteiger partial charge in [-0.05, 0) is 22.9 Å². The molecule has 0 aromatic heterocycles. The van der Waals surface area contributed by atoms with Crippen LogP contribution in [0.15, 0.2) is 36.4 Å². The average molecular weight is 388 g/mol. The van der Waals surface area contributed by atoms with Gasteiger partial charge in [0.1, 0.15) is 0 Å². The Morgan fingerprint density at radius 3 is 1.14 bits per heavy atom. The van der Waals surface area contributed by atoms with Crippen LogP contribution in [0.5, 0.6) is 0 Å². The van der Waals surface area contributed by atoms with Crippen LogP contribution >= 0.6 is 0 Å². The van der Waals surface area contributed by atoms with Gasteiger partial charge < -0.3 is 18.9 Å². The summed E-state index contributed by atoms with van der Waals surface area (Å²) in [7, 11) is 0. The lowest BCUT2D eigenvalue weighted by atomic mass is 9.99. The summed E-state index contributed by atoms with van der Waals surface area (Å²) in [6.45, 7) is 4.64. The van der Waals surface area contributed by atoms with E-state index in [1.165, 1.54) is 0 Å². The molecule has 2 aromatic rings. The Kier molecular flexibility index (Phi) is 6.70. The average Bonchev–Trinajstić information content (AvgIpc) is 2.58. The summed E-state index contributed by atoms with van der Waals surface area (Å²) in [6.07, 6.45) is -2.83. The fourth-order valence-corrected chi connectivity index (χ4v) is 2.59. The first kappa shape index (κ1) is 20.9. The molecule has 2 aromatic carbocycles. The van der Waals surface area contributed by atoms with Crippen LogP contribution in [0.3, 0.4) is 0 Å². The standard InChI is InChI=1S/C20H20O8/c1-11(21)25-19(26-12(2)22)17-9-15-7-5-6-8-16(15)10-18(17)20(27-13(3)23)28-14(4)24/h5-10,19-20H,1-4H3. The molecule has 8 heteroatoms. The van der Waals surface area contributed by atoms with Crippen LogP contribution in [0.4, 0.5) is 0 Å². The molecule has 0 saturated carbocycles. The van der Waals surface area contributed by atoms with Gasteiger partial charge in [-0.25, -0.2) is 0 Å². The highest BCUT2D eigenvalue weighted by molar-refractivity contribution is 5.84. The summed E-state index contributed by atoms with van der Waals surface area (Å²) in [5.74, 6) is -2.77. The molecule has 8 nitrogen and oxygen atoms in total. The van der Waals surface area contributed by atoms with E-state index in [2.05, 4.69) is 0 Å². The molecule has 0 unspecified atom stereocenters. The van der Waals surface area contributed by atoms with E-state index in [9.17, 15) is 19.2 Å². The smallest absolute Gasteiger partial charge is 0.305 e. The third-order valence-corrected chi connectivity index (χ3v) is 3.55. The Labute approximate surface area is 161 Å². The lowest BCUT2D eigenvalue weighted by Gasteiger charge is -2.24. The predicted octanol–water partition coefficient (Wildman–Crippen LogP) is 3.09. The molecule has 0 heterocycles. The molecular weight excluding hydrogens is 368 g/mol. The molecule has 0 amide bonds. The molecule has 0 spiro atoms. The van der Waals surface area contributed by atoms with Gasteiger partial charge in [0.05, 0.1) is 0 Å². The molecule has 0 aliphatic heterocycles. The van der Waals surface area contributed by atoms with Crippen molar-refractivity contribution in [1.82, 2.24) is 0 Å². The van der Waals surface area contributed by atoms with E-state index in [1.54, 1.807) is 36.4 Å². The zero-order chi connectivity index (χ0) is 20.8. The summed E-state index contributed by atoms with van der Waals surface area (Å²) in [4.78, 5) is 46.1. The van der Waals surface area contributed by atoms with Gasteiger partial charge in [-0.15, -0.1) is 0 Å². The minimum absolute atomic E-state index is 0.205. The number of esters is 4. The minimum Gasteiger partial charge on any atom is -0.421 e. The van der Waals surface area contributed by atoms with Gasteiger partial charge in [0.2, 0.25) is 0 Å². The van der Waals surface area contributed by atoms with Crippen molar-refractivity contribution in [3.63, 3.8) is 0 Å². The van der Waals surface area contributed by atoms with Crippen LogP contribution in [-0.4, -0.2) is 23.9 Å². The second kappa shape index (κ2) is 8.98. The number of benzene rings is 2. The van der Waals surface area contributed by atoms with Gasteiger partial charge in [0.25, 0.3) is 12.6 Å². The van der Waals surface area contributed by atoms with E-state index in [0.29, 0.717) is 0 Å². The number of carbonyl (C=O) groups is 4. The number of ether oxygens (including phenoxy) is 4. The van der Waals surface area contributed by atoms with Gasteiger partial charge in [-0.2, -0.15) is 0 Å². The SMILES string of the molecule is CC(=O)OC(OC(C)=O)c1cc2ccccc2cc1C(OC(C)=O)OC(C)=O. The monoisotopic (exact) mass is 388 g/mol. The molecule has 0 aliphatic rings. The molecule has 0 saturated heterocycles. The fraction of sp³-hybridized carbons (Fsp3) is 0.300. The van der Waals surface area contributed by atoms with Crippen molar-refractivity contribution in [3.05, 3.63) is 47.5 Å². The highest BCUT2D eigenvalue weighted by Gasteiger charge is 2.29. The van der Waals surface area contributed by atoms with Crippen LogP contribution in [-0.2, 0) is 38.1 Å². The lowest BCUT2D eigenvalue weighted by Crippen LogP contribution is -2.21. The highest BCUT2D eigenvalue weighted by atomic mass is 16.7. The first-order valence-electron chi connectivity index (χ1n) is 8.39. The van der Waals surface area contributed by atoms with Crippen molar-refractivity contribution >= 4 is 34.6 Å². The molecule has 0 fully saturated rings. The number of rotatable bonds is 6. The number of carbonyl (C=O) groups excluding carboxylic acids is 4. The van der Waals surface area contributed by atoms with Gasteiger partial charge in [0.15, 0.2) is 0 Å². The Balaban J connectivity index is 2.69. The maximum atomic E-state index is 11.5. The van der Waals surface area contributed by atoms with Gasteiger partial charge >= 0.3 is 23.9 Å². The number of fused-ring (bicyclic) bond motifs is 1. The topological polar surface area (TPSA) is 105 Å². The fourth-order valence-electron chi connectivity index (χ4n) is 2.59. The number of hydrogen-bond acceptors (Lipinski definition) is 8. The van der Waals surface area contributed by atoms with Crippen molar-refractivity contribution in [1.29, 1.82) is 0 Å². The Morgan fingerprint density at radius 2 is 0.893 bits per heavy atom. The van der Waals surface area contributed by atoms with Crippen molar-refractivity contribution in [3.8, 4) is 0 Å². The van der Waals surface area contributed by atoms with Crippen molar-refractivity contribution in [2.45, 2.75) is 40.3 Å². The molecule has 0 N–H and O–H groups in total. The molecule has 0 atom stereocenters. The summed E-state index contributed by atoms with van der Waals surface area (Å²) in [5, 5.41) is 1.49. The van der Waals surface area contributed by atoms with Crippen molar-refractivity contribution in [2.75, 3.05) is 0 Å². The number of hydrogen-bond donors (Lipinski definition) is 0. The highest BCUT2D eigenvalue weighted by Crippen LogP contribution is 2.34. The molecule has 148 valence electrons. The zero-order valence-corrected chi connectivity index (χ0v) is 15.9. The molecule has 0 aliphatic carbocycles. The molecule has 28 heavy (non-hydrogen) atoms. The zero-order valence-electron chi connectivity index (χ0n) is 15.9. The molecule has 0 bridgehead atoms. The van der Waals surface area contributed by atoms with E-state index in [-0.39, 0.29) is 11.1 Å². The van der Waals surface area contributed by atoms with Crippen LogP contribution in [0.25, 0.3) is 10.8 Å². The second-order valence-electron chi connectivity index (χ2n) is 5.93. The lowest BCUT2D eigenvalue weighted by molar-refractivity contribution is -0.193. The largest absolute Gasteiger partial charge is 0.421 e. The molecule has 0 radical (unpaired) electrons. The van der Waals surface area contributed by atoms with Crippen LogP contribution in [0.2, 0.25) is 0 Å². The Bertz CT molecular complexity index is 811. The summed E-state index contributed by atoms with van der Waals surface area (Å²) in [5.41, 5.74) is 0.410. The Hall–Kier alpha value is -3.42. The van der Waals surface area contributed by atoms with Gasteiger partial charge in [-0.3, -0.25) is 19.2 Å². The quantitative estimate of drug-likeness (QED) is 0.549. The third-order valence-electron chi connectivity index (χ3n) is 3.55. The van der Waals surface area contributed by atoms with Crippen LogP contribution in [0.1, 0.15) is 51.4 Å². The Morgan fingerprint density at radius 1 is 0.607 bits per heavy atom. The van der Waals surface area contributed by atoms with E-state index in [1.807, 2.05) is 0 Å². The summed E-state index contributed by atoms with van der Waals surface area (Å²) < 4.78 is 20.5. The minimum atomic E-state index is -1.41. The van der Waals surface area contributed by atoms with Gasteiger partial charge in [0, 0.05) is 38.8 Å². The van der Waals surface area contributed by atoms with Crippen molar-refractivity contribution < 1.29 is 38.1 Å². The van der Waals surface area contributed by atoms with Gasteiger partial charge in [-0.1, -0.05) is 24.3 Å². The molecule has 2 rings (SSSR count). The first-order valence-corrected chi connectivity index (χ1v) is 8.39. The second-order valence-corrected chi connectivity index (χ2v) is 5.93. The summed E-state index contributed by atoms with van der Waals surface area (Å²) in [6, 6.07) is 10.4. The third kappa shape index (κ3) is 5.54. The predicted molar refractivity (Wildman–Crippen MR) is 96.5 cm³/mol. The summed E-state index contributed by atoms with van der Waals surface area (Å²) >= 11 is 0. The maximum Gasteiger partial charge on any atom is 0.305 e. The van der Waals surface area contributed by atoms with E-state index < -0.39 is 36.5 Å². The van der Waals surface area contributed by atoms with E-state index >= 15 is 0 Å². The van der Waals surface area contributed by atoms with Crippen LogP contribution in [0, 0.1) is 0 Å². The first-order chi connectivity index (χ1) is 13.2. The normalized spacial score (nSPS) is 10.6.